The van der Waals surface area contributed by atoms with Crippen LogP contribution in [0.4, 0.5) is 0 Å². The molecule has 6 aliphatic rings. The minimum Gasteiger partial charge on any atom is -0.478 e. The number of nitrogens with one attached hydrogen (secondary N) is 1. The number of hydrogen-bond donors (Lipinski definition) is 4. The van der Waals surface area contributed by atoms with Gasteiger partial charge in [-0.15, -0.1) is 0 Å². The molecule has 5 fully saturated rings. The molecule has 0 bridgehead atoms. The van der Waals surface area contributed by atoms with Crippen LogP contribution in [0, 0.1) is 56.7 Å². The Morgan fingerprint density at radius 3 is 2.24 bits per heavy atom. The molecule has 1 saturated heterocycles. The second-order valence-corrected chi connectivity index (χ2v) is 21.6. The number of aromatic carboxylic acids is 1. The molecule has 9 atom stereocenters. The van der Waals surface area contributed by atoms with Gasteiger partial charge in [0.2, 0.25) is 5.91 Å². The molecule has 51 heavy (non-hydrogen) atoms. The minimum atomic E-state index is -2.52. The molecule has 7 rings (SSSR count). The Balaban J connectivity index is 1.12. The van der Waals surface area contributed by atoms with Gasteiger partial charge in [-0.2, -0.15) is 10.6 Å². The maximum absolute atomic E-state index is 13.2. The van der Waals surface area contributed by atoms with E-state index in [2.05, 4.69) is 59.5 Å². The zero-order chi connectivity index (χ0) is 36.8. The zero-order valence-electron chi connectivity index (χ0n) is 32.1. The summed E-state index contributed by atoms with van der Waals surface area (Å²) >= 11 is 0. The molecule has 0 aromatic heterocycles. The van der Waals surface area contributed by atoms with Crippen molar-refractivity contribution in [1.29, 1.82) is 0 Å². The largest absolute Gasteiger partial charge is 0.478 e. The standard InChI is InChI=1S/C43H64N2O5S/c1-28(2)31-14-19-43(27-44-26-36(46)45-22-24-51(49,50)25-23-45)21-20-41(6)33(37(31)43)12-13-35-40(5)17-15-32(29-8-10-30(11-9-29)38(47)48)39(3,4)34(40)16-18-42(35,41)7/h8-11,15,31,33-35,37,44,49-50H,1,12-14,16-27H2,2-7H3,(H,47,48)/t31-,33+,34-,35+,37+,40-,41+,42+,43+/m0/s1. The number of carboxylic acids is 1. The molecule has 4 N–H and O–H groups in total. The van der Waals surface area contributed by atoms with Gasteiger partial charge in [0.25, 0.3) is 0 Å². The van der Waals surface area contributed by atoms with Crippen molar-refractivity contribution < 1.29 is 23.8 Å². The first kappa shape index (κ1) is 37.2. The van der Waals surface area contributed by atoms with Gasteiger partial charge < -0.3 is 15.3 Å². The quantitative estimate of drug-likeness (QED) is 0.209. The van der Waals surface area contributed by atoms with Crippen LogP contribution in [-0.2, 0) is 4.79 Å². The number of amides is 1. The van der Waals surface area contributed by atoms with Crippen molar-refractivity contribution in [1.82, 2.24) is 10.2 Å². The van der Waals surface area contributed by atoms with Gasteiger partial charge in [-0.3, -0.25) is 13.9 Å². The summed E-state index contributed by atoms with van der Waals surface area (Å²) in [5.74, 6) is 2.74. The normalized spacial score (nSPS) is 41.6. The molecule has 0 unspecified atom stereocenters. The number of carbonyl (C=O) groups excluding carboxylic acids is 1. The van der Waals surface area contributed by atoms with E-state index in [9.17, 15) is 23.8 Å². The van der Waals surface area contributed by atoms with Crippen molar-refractivity contribution in [2.45, 2.75) is 99.3 Å². The number of benzene rings is 1. The van der Waals surface area contributed by atoms with Crippen LogP contribution in [0.5, 0.6) is 0 Å². The Bertz CT molecular complexity index is 1590. The molecule has 1 aliphatic heterocycles. The van der Waals surface area contributed by atoms with Crippen LogP contribution in [-0.4, -0.2) is 68.7 Å². The molecule has 4 saturated carbocycles. The average molecular weight is 721 g/mol. The minimum absolute atomic E-state index is 0.00712. The number of allylic oxidation sites excluding steroid dienone is 3. The van der Waals surface area contributed by atoms with Crippen LogP contribution in [0.3, 0.4) is 0 Å². The summed E-state index contributed by atoms with van der Waals surface area (Å²) in [6, 6.07) is 7.55. The Kier molecular flexibility index (Phi) is 9.29. The molecule has 1 heterocycles. The number of nitrogens with zero attached hydrogens (tertiary/aromatic N) is 1. The van der Waals surface area contributed by atoms with Crippen LogP contribution in [0.15, 0.2) is 42.5 Å². The van der Waals surface area contributed by atoms with E-state index >= 15 is 0 Å². The fourth-order valence-corrected chi connectivity index (χ4v) is 15.2. The van der Waals surface area contributed by atoms with E-state index < -0.39 is 16.6 Å². The highest BCUT2D eigenvalue weighted by Crippen LogP contribution is 2.77. The lowest BCUT2D eigenvalue weighted by Crippen LogP contribution is -2.66. The second kappa shape index (κ2) is 12.7. The Hall–Kier alpha value is -2.13. The van der Waals surface area contributed by atoms with Crippen LogP contribution in [0.2, 0.25) is 0 Å². The van der Waals surface area contributed by atoms with Gasteiger partial charge in [0, 0.05) is 19.6 Å². The van der Waals surface area contributed by atoms with Crippen molar-refractivity contribution in [3.63, 3.8) is 0 Å². The molecule has 8 heteroatoms. The van der Waals surface area contributed by atoms with E-state index in [0.29, 0.717) is 66.3 Å². The summed E-state index contributed by atoms with van der Waals surface area (Å²) in [7, 11) is -2.52. The third kappa shape index (κ3) is 5.79. The van der Waals surface area contributed by atoms with Crippen molar-refractivity contribution in [2.24, 2.45) is 56.7 Å². The first-order chi connectivity index (χ1) is 23.9. The second-order valence-electron chi connectivity index (χ2n) is 19.2. The molecule has 1 aromatic carbocycles. The molecular formula is C43H64N2O5S. The SMILES string of the molecule is C=C(C)[C@@H]1CC[C@]2(CNCC(=O)N3CCS(O)(O)CC3)CC[C@]3(C)[C@H](CC[C@@H]4[C@@]5(C)CC=C(c6ccc(C(=O)O)cc6)C(C)(C)[C@@H]5CC[C@]43C)[C@@H]12. The Morgan fingerprint density at radius 1 is 0.902 bits per heavy atom. The lowest BCUT2D eigenvalue weighted by Gasteiger charge is -2.72. The zero-order valence-corrected chi connectivity index (χ0v) is 32.9. The maximum Gasteiger partial charge on any atom is 0.335 e. The van der Waals surface area contributed by atoms with E-state index in [1.54, 1.807) is 12.1 Å². The lowest BCUT2D eigenvalue weighted by molar-refractivity contribution is -0.225. The van der Waals surface area contributed by atoms with E-state index in [4.69, 9.17) is 0 Å². The van der Waals surface area contributed by atoms with Crippen molar-refractivity contribution in [3.8, 4) is 0 Å². The van der Waals surface area contributed by atoms with Crippen molar-refractivity contribution in [2.75, 3.05) is 37.7 Å². The fourth-order valence-electron chi connectivity index (χ4n) is 14.0. The van der Waals surface area contributed by atoms with E-state index in [0.717, 1.165) is 18.5 Å². The predicted molar refractivity (Wildman–Crippen MR) is 208 cm³/mol. The fraction of sp³-hybridized carbons (Fsp3) is 0.721. The Labute approximate surface area is 308 Å². The third-order valence-electron chi connectivity index (χ3n) is 16.7. The van der Waals surface area contributed by atoms with Crippen LogP contribution >= 0.6 is 10.6 Å². The number of carbonyl (C=O) groups is 2. The third-order valence-corrected chi connectivity index (χ3v) is 18.4. The number of fused-ring (bicyclic) bond motifs is 7. The van der Waals surface area contributed by atoms with E-state index in [-0.39, 0.29) is 33.0 Å². The van der Waals surface area contributed by atoms with Gasteiger partial charge in [-0.25, -0.2) is 4.79 Å². The molecule has 5 aliphatic carbocycles. The summed E-state index contributed by atoms with van der Waals surface area (Å²) < 4.78 is 20.1. The molecule has 1 amide bonds. The van der Waals surface area contributed by atoms with Gasteiger partial charge >= 0.3 is 5.97 Å². The molecule has 7 nitrogen and oxygen atoms in total. The summed E-state index contributed by atoms with van der Waals surface area (Å²) in [4.78, 5) is 26.6. The summed E-state index contributed by atoms with van der Waals surface area (Å²) in [6.45, 7) is 21.8. The van der Waals surface area contributed by atoms with Gasteiger partial charge in [0.15, 0.2) is 0 Å². The van der Waals surface area contributed by atoms with Gasteiger partial charge in [0.1, 0.15) is 0 Å². The van der Waals surface area contributed by atoms with Gasteiger partial charge in [-0.1, -0.05) is 65.0 Å². The first-order valence-corrected chi connectivity index (χ1v) is 21.7. The van der Waals surface area contributed by atoms with E-state index in [1.165, 1.54) is 62.5 Å². The highest BCUT2D eigenvalue weighted by Gasteiger charge is 2.70. The number of carboxylic acid groups (broad SMARTS) is 1. The lowest BCUT2D eigenvalue weighted by atomic mass is 9.32. The van der Waals surface area contributed by atoms with Gasteiger partial charge in [-0.05, 0) is 145 Å². The average Bonchev–Trinajstić information content (AvgIpc) is 3.45. The van der Waals surface area contributed by atoms with Crippen molar-refractivity contribution in [3.05, 3.63) is 53.6 Å². The van der Waals surface area contributed by atoms with Crippen LogP contribution < -0.4 is 5.32 Å². The number of hydrogen-bond acceptors (Lipinski definition) is 5. The highest BCUT2D eigenvalue weighted by atomic mass is 32.3. The summed E-state index contributed by atoms with van der Waals surface area (Å²) in [6.07, 6.45) is 13.4. The maximum atomic E-state index is 13.2. The van der Waals surface area contributed by atoms with Crippen molar-refractivity contribution >= 4 is 28.0 Å². The number of rotatable bonds is 7. The molecule has 0 spiro atoms. The van der Waals surface area contributed by atoms with Crippen LogP contribution in [0.25, 0.3) is 5.57 Å². The monoisotopic (exact) mass is 720 g/mol. The summed E-state index contributed by atoms with van der Waals surface area (Å²) in [5, 5.41) is 13.2. The molecule has 282 valence electrons. The molecule has 0 radical (unpaired) electrons. The topological polar surface area (TPSA) is 110 Å². The van der Waals surface area contributed by atoms with Gasteiger partial charge in [0.05, 0.1) is 23.6 Å². The van der Waals surface area contributed by atoms with E-state index in [1.807, 2.05) is 17.0 Å². The molecule has 1 aromatic rings. The van der Waals surface area contributed by atoms with Crippen LogP contribution in [0.1, 0.15) is 115 Å². The predicted octanol–water partition coefficient (Wildman–Crippen LogP) is 9.22. The highest BCUT2D eigenvalue weighted by molar-refractivity contribution is 8.24. The summed E-state index contributed by atoms with van der Waals surface area (Å²) in [5.41, 5.74) is 5.08. The smallest absolute Gasteiger partial charge is 0.335 e. The Morgan fingerprint density at radius 2 is 1.59 bits per heavy atom. The molecular weight excluding hydrogens is 657 g/mol. The first-order valence-electron chi connectivity index (χ1n) is 19.8.